The van der Waals surface area contributed by atoms with Crippen LogP contribution in [0.2, 0.25) is 0 Å². The van der Waals surface area contributed by atoms with Gasteiger partial charge in [-0.3, -0.25) is 4.79 Å². The summed E-state index contributed by atoms with van der Waals surface area (Å²) in [5.74, 6) is -0.783. The molecule has 0 aromatic carbocycles. The number of rotatable bonds is 3. The van der Waals surface area contributed by atoms with E-state index in [1.165, 1.54) is 10.8 Å². The van der Waals surface area contributed by atoms with Gasteiger partial charge in [0, 0.05) is 12.4 Å². The molecule has 0 radical (unpaired) electrons. The van der Waals surface area contributed by atoms with E-state index in [9.17, 15) is 4.79 Å². The number of anilines is 1. The number of nitrogens with zero attached hydrogens (tertiary/aromatic N) is 2. The minimum atomic E-state index is -1.05. The largest absolute Gasteiger partial charge is 0.480 e. The van der Waals surface area contributed by atoms with Crippen LogP contribution in [-0.4, -0.2) is 26.7 Å². The molecule has 12 heavy (non-hydrogen) atoms. The molecule has 1 atom stereocenters. The van der Waals surface area contributed by atoms with Gasteiger partial charge in [0.05, 0.1) is 6.54 Å². The van der Waals surface area contributed by atoms with Gasteiger partial charge in [0.1, 0.15) is 6.04 Å². The molecule has 1 heterocycles. The Labute approximate surface area is 68.8 Å². The lowest BCUT2D eigenvalue weighted by molar-refractivity contribution is -0.138. The van der Waals surface area contributed by atoms with Gasteiger partial charge in [0.2, 0.25) is 0 Å². The van der Waals surface area contributed by atoms with E-state index >= 15 is 0 Å². The number of aliphatic carboxylic acids is 1. The van der Waals surface area contributed by atoms with Crippen LogP contribution in [0.1, 0.15) is 0 Å². The van der Waals surface area contributed by atoms with Crippen molar-refractivity contribution >= 4 is 11.9 Å². The monoisotopic (exact) mass is 170 g/mol. The van der Waals surface area contributed by atoms with Crippen LogP contribution in [0.5, 0.6) is 0 Å². The van der Waals surface area contributed by atoms with Crippen molar-refractivity contribution in [2.45, 2.75) is 12.6 Å². The number of nitrogens with two attached hydrogens (primary N) is 2. The summed E-state index contributed by atoms with van der Waals surface area (Å²) >= 11 is 0. The molecule has 1 rings (SSSR count). The second kappa shape index (κ2) is 3.22. The summed E-state index contributed by atoms with van der Waals surface area (Å²) in [6.45, 7) is 0.140. The number of carboxylic acids is 1. The Kier molecular flexibility index (Phi) is 2.29. The SMILES string of the molecule is Nc1nccn1C[C@H](N)C(=O)O. The standard InChI is InChI=1S/C6H10N4O2/c7-4(5(11)12)3-10-2-1-9-6(10)8/h1-2,4H,3,7H2,(H2,8,9)(H,11,12)/t4-/m0/s1. The normalized spacial score (nSPS) is 12.8. The van der Waals surface area contributed by atoms with Crippen molar-refractivity contribution in [2.24, 2.45) is 5.73 Å². The number of hydrogen-bond acceptors (Lipinski definition) is 4. The molecular weight excluding hydrogens is 160 g/mol. The zero-order valence-corrected chi connectivity index (χ0v) is 6.34. The molecule has 6 heteroatoms. The van der Waals surface area contributed by atoms with Crippen LogP contribution in [0, 0.1) is 0 Å². The fourth-order valence-corrected chi connectivity index (χ4v) is 0.785. The van der Waals surface area contributed by atoms with Crippen molar-refractivity contribution in [3.05, 3.63) is 12.4 Å². The van der Waals surface area contributed by atoms with Gasteiger partial charge < -0.3 is 21.1 Å². The van der Waals surface area contributed by atoms with Gasteiger partial charge in [-0.25, -0.2) is 4.98 Å². The van der Waals surface area contributed by atoms with Gasteiger partial charge in [0.25, 0.3) is 0 Å². The number of nitrogen functional groups attached to an aromatic ring is 1. The molecule has 1 aromatic heterocycles. The molecule has 0 aliphatic carbocycles. The number of carbonyl (C=O) groups is 1. The summed E-state index contributed by atoms with van der Waals surface area (Å²) in [5, 5.41) is 8.47. The lowest BCUT2D eigenvalue weighted by Crippen LogP contribution is -2.34. The fraction of sp³-hybridized carbons (Fsp3) is 0.333. The van der Waals surface area contributed by atoms with Gasteiger partial charge >= 0.3 is 5.97 Å². The Bertz CT molecular complexity index is 283. The zero-order valence-electron chi connectivity index (χ0n) is 6.34. The lowest BCUT2D eigenvalue weighted by atomic mass is 10.3. The zero-order chi connectivity index (χ0) is 9.14. The number of hydrogen-bond donors (Lipinski definition) is 3. The van der Waals surface area contributed by atoms with E-state index < -0.39 is 12.0 Å². The van der Waals surface area contributed by atoms with Crippen LogP contribution in [0.25, 0.3) is 0 Å². The fourth-order valence-electron chi connectivity index (χ4n) is 0.785. The first kappa shape index (κ1) is 8.54. The smallest absolute Gasteiger partial charge is 0.322 e. The highest BCUT2D eigenvalue weighted by atomic mass is 16.4. The molecule has 0 bridgehead atoms. The highest BCUT2D eigenvalue weighted by Crippen LogP contribution is 1.99. The van der Waals surface area contributed by atoms with Crippen LogP contribution in [0.4, 0.5) is 5.95 Å². The molecule has 6 nitrogen and oxygen atoms in total. The summed E-state index contributed by atoms with van der Waals surface area (Å²) in [5.41, 5.74) is 10.7. The van der Waals surface area contributed by atoms with E-state index in [4.69, 9.17) is 16.6 Å². The maximum absolute atomic E-state index is 10.3. The summed E-state index contributed by atoms with van der Waals surface area (Å²) in [6, 6.07) is -0.943. The summed E-state index contributed by atoms with van der Waals surface area (Å²) in [6.07, 6.45) is 3.07. The Morgan fingerprint density at radius 2 is 2.50 bits per heavy atom. The van der Waals surface area contributed by atoms with E-state index in [-0.39, 0.29) is 12.5 Å². The molecule has 0 saturated heterocycles. The highest BCUT2D eigenvalue weighted by Gasteiger charge is 2.12. The molecular formula is C6H10N4O2. The van der Waals surface area contributed by atoms with Crippen LogP contribution in [0.3, 0.4) is 0 Å². The van der Waals surface area contributed by atoms with Gasteiger partial charge in [-0.15, -0.1) is 0 Å². The van der Waals surface area contributed by atoms with Crippen LogP contribution in [-0.2, 0) is 11.3 Å². The third kappa shape index (κ3) is 1.73. The van der Waals surface area contributed by atoms with E-state index in [0.29, 0.717) is 0 Å². The van der Waals surface area contributed by atoms with Gasteiger partial charge in [-0.2, -0.15) is 0 Å². The predicted octanol–water partition coefficient (Wildman–Crippen LogP) is -1.12. The average molecular weight is 170 g/mol. The molecule has 66 valence electrons. The second-order valence-corrected chi connectivity index (χ2v) is 2.38. The molecule has 0 aliphatic heterocycles. The third-order valence-electron chi connectivity index (χ3n) is 1.46. The second-order valence-electron chi connectivity index (χ2n) is 2.38. The topological polar surface area (TPSA) is 107 Å². The molecule has 0 spiro atoms. The molecule has 0 fully saturated rings. The van der Waals surface area contributed by atoms with E-state index in [1.54, 1.807) is 6.20 Å². The van der Waals surface area contributed by atoms with Crippen molar-refractivity contribution in [1.82, 2.24) is 9.55 Å². The maximum Gasteiger partial charge on any atom is 0.322 e. The van der Waals surface area contributed by atoms with Crippen molar-refractivity contribution in [3.63, 3.8) is 0 Å². The van der Waals surface area contributed by atoms with Crippen molar-refractivity contribution in [1.29, 1.82) is 0 Å². The maximum atomic E-state index is 10.3. The Balaban J connectivity index is 2.64. The average Bonchev–Trinajstić information content (AvgIpc) is 2.36. The van der Waals surface area contributed by atoms with Gasteiger partial charge in [0.15, 0.2) is 5.95 Å². The van der Waals surface area contributed by atoms with Gasteiger partial charge in [-0.05, 0) is 0 Å². The van der Waals surface area contributed by atoms with Crippen molar-refractivity contribution in [3.8, 4) is 0 Å². The molecule has 0 amide bonds. The number of aromatic nitrogens is 2. The Hall–Kier alpha value is -1.56. The summed E-state index contributed by atoms with van der Waals surface area (Å²) < 4.78 is 1.48. The predicted molar refractivity (Wildman–Crippen MR) is 42.3 cm³/mol. The van der Waals surface area contributed by atoms with E-state index in [2.05, 4.69) is 4.98 Å². The van der Waals surface area contributed by atoms with Gasteiger partial charge in [-0.1, -0.05) is 0 Å². The van der Waals surface area contributed by atoms with Crippen LogP contribution >= 0.6 is 0 Å². The van der Waals surface area contributed by atoms with Crippen molar-refractivity contribution in [2.75, 3.05) is 5.73 Å². The number of imidazole rings is 1. The minimum Gasteiger partial charge on any atom is -0.480 e. The molecule has 0 unspecified atom stereocenters. The Morgan fingerprint density at radius 3 is 2.92 bits per heavy atom. The molecule has 1 aromatic rings. The quantitative estimate of drug-likeness (QED) is 0.532. The third-order valence-corrected chi connectivity index (χ3v) is 1.46. The molecule has 0 saturated carbocycles. The highest BCUT2D eigenvalue weighted by molar-refractivity contribution is 5.73. The summed E-state index contributed by atoms with van der Waals surface area (Å²) in [4.78, 5) is 14.1. The Morgan fingerprint density at radius 1 is 1.83 bits per heavy atom. The number of carboxylic acid groups (broad SMARTS) is 1. The van der Waals surface area contributed by atoms with Crippen LogP contribution < -0.4 is 11.5 Å². The first-order valence-electron chi connectivity index (χ1n) is 3.36. The lowest BCUT2D eigenvalue weighted by Gasteiger charge is -2.07. The molecule has 0 aliphatic rings. The van der Waals surface area contributed by atoms with E-state index in [1.807, 2.05) is 0 Å². The van der Waals surface area contributed by atoms with E-state index in [0.717, 1.165) is 0 Å². The van der Waals surface area contributed by atoms with Crippen molar-refractivity contribution < 1.29 is 9.90 Å². The molecule has 5 N–H and O–H groups in total. The van der Waals surface area contributed by atoms with Crippen LogP contribution in [0.15, 0.2) is 12.4 Å². The first-order chi connectivity index (χ1) is 5.61. The minimum absolute atomic E-state index is 0.140. The first-order valence-corrected chi connectivity index (χ1v) is 3.36. The summed E-state index contributed by atoms with van der Waals surface area (Å²) in [7, 11) is 0.